The van der Waals surface area contributed by atoms with Crippen LogP contribution < -0.4 is 11.1 Å². The van der Waals surface area contributed by atoms with Crippen LogP contribution in [0.15, 0.2) is 0 Å². The van der Waals surface area contributed by atoms with Crippen LogP contribution in [-0.4, -0.2) is 45.4 Å². The molecule has 0 fully saturated rings. The van der Waals surface area contributed by atoms with Crippen LogP contribution in [0, 0.1) is 0 Å². The first-order chi connectivity index (χ1) is 7.24. The third-order valence-electron chi connectivity index (χ3n) is 2.04. The SMILES string of the molecule is CCC(CCN)NC(=O)COCCOC. The number of carbonyl (C=O) groups is 1. The molecule has 0 bridgehead atoms. The Labute approximate surface area is 91.3 Å². The molecule has 90 valence electrons. The molecule has 0 rings (SSSR count). The van der Waals surface area contributed by atoms with E-state index in [1.54, 1.807) is 7.11 Å². The molecule has 15 heavy (non-hydrogen) atoms. The van der Waals surface area contributed by atoms with E-state index in [1.807, 2.05) is 6.92 Å². The van der Waals surface area contributed by atoms with Crippen LogP contribution in [-0.2, 0) is 14.3 Å². The third-order valence-corrected chi connectivity index (χ3v) is 2.04. The van der Waals surface area contributed by atoms with E-state index in [9.17, 15) is 4.79 Å². The van der Waals surface area contributed by atoms with Crippen LogP contribution in [0.3, 0.4) is 0 Å². The Bertz CT molecular complexity index is 165. The van der Waals surface area contributed by atoms with Crippen molar-refractivity contribution in [3.63, 3.8) is 0 Å². The van der Waals surface area contributed by atoms with Crippen LogP contribution in [0.25, 0.3) is 0 Å². The third kappa shape index (κ3) is 8.35. The maximum atomic E-state index is 11.3. The van der Waals surface area contributed by atoms with Crippen molar-refractivity contribution in [3.8, 4) is 0 Å². The van der Waals surface area contributed by atoms with E-state index in [2.05, 4.69) is 5.32 Å². The van der Waals surface area contributed by atoms with E-state index in [-0.39, 0.29) is 18.6 Å². The zero-order valence-electron chi connectivity index (χ0n) is 9.62. The highest BCUT2D eigenvalue weighted by Gasteiger charge is 2.08. The predicted molar refractivity (Wildman–Crippen MR) is 58.6 cm³/mol. The van der Waals surface area contributed by atoms with Gasteiger partial charge in [-0.15, -0.1) is 0 Å². The monoisotopic (exact) mass is 218 g/mol. The fraction of sp³-hybridized carbons (Fsp3) is 0.900. The van der Waals surface area contributed by atoms with E-state index in [4.69, 9.17) is 15.2 Å². The Morgan fingerprint density at radius 2 is 2.20 bits per heavy atom. The summed E-state index contributed by atoms with van der Waals surface area (Å²) in [7, 11) is 1.60. The second kappa shape index (κ2) is 9.89. The average molecular weight is 218 g/mol. The van der Waals surface area contributed by atoms with Gasteiger partial charge in [0.25, 0.3) is 0 Å². The van der Waals surface area contributed by atoms with Gasteiger partial charge in [0.1, 0.15) is 6.61 Å². The van der Waals surface area contributed by atoms with Gasteiger partial charge in [0.2, 0.25) is 5.91 Å². The molecule has 0 spiro atoms. The zero-order valence-corrected chi connectivity index (χ0v) is 9.62. The number of nitrogens with two attached hydrogens (primary N) is 1. The molecule has 0 aliphatic carbocycles. The van der Waals surface area contributed by atoms with Gasteiger partial charge in [-0.2, -0.15) is 0 Å². The minimum Gasteiger partial charge on any atom is -0.382 e. The van der Waals surface area contributed by atoms with Crippen molar-refractivity contribution in [1.82, 2.24) is 5.32 Å². The molecular weight excluding hydrogens is 196 g/mol. The lowest BCUT2D eigenvalue weighted by Crippen LogP contribution is -2.38. The Morgan fingerprint density at radius 3 is 2.73 bits per heavy atom. The van der Waals surface area contributed by atoms with Crippen molar-refractivity contribution in [2.75, 3.05) is 33.5 Å². The Hall–Kier alpha value is -0.650. The van der Waals surface area contributed by atoms with Crippen LogP contribution >= 0.6 is 0 Å². The molecule has 1 unspecified atom stereocenters. The molecule has 0 aromatic rings. The topological polar surface area (TPSA) is 73.6 Å². The molecule has 0 saturated heterocycles. The highest BCUT2D eigenvalue weighted by molar-refractivity contribution is 5.77. The number of hydrogen-bond acceptors (Lipinski definition) is 4. The second-order valence-corrected chi connectivity index (χ2v) is 3.30. The maximum Gasteiger partial charge on any atom is 0.246 e. The molecule has 0 saturated carbocycles. The number of carbonyl (C=O) groups excluding carboxylic acids is 1. The van der Waals surface area contributed by atoms with Gasteiger partial charge in [-0.25, -0.2) is 0 Å². The second-order valence-electron chi connectivity index (χ2n) is 3.30. The van der Waals surface area contributed by atoms with Gasteiger partial charge in [0.05, 0.1) is 13.2 Å². The number of methoxy groups -OCH3 is 1. The minimum atomic E-state index is -0.0913. The van der Waals surface area contributed by atoms with Crippen LogP contribution in [0.5, 0.6) is 0 Å². The Morgan fingerprint density at radius 1 is 1.47 bits per heavy atom. The first kappa shape index (κ1) is 14.3. The normalized spacial score (nSPS) is 12.5. The van der Waals surface area contributed by atoms with Gasteiger partial charge in [-0.05, 0) is 19.4 Å². The van der Waals surface area contributed by atoms with E-state index >= 15 is 0 Å². The minimum absolute atomic E-state index is 0.0877. The summed E-state index contributed by atoms with van der Waals surface area (Å²) in [5.41, 5.74) is 5.42. The first-order valence-corrected chi connectivity index (χ1v) is 5.30. The first-order valence-electron chi connectivity index (χ1n) is 5.30. The summed E-state index contributed by atoms with van der Waals surface area (Å²) in [5, 5.41) is 2.86. The molecule has 0 radical (unpaired) electrons. The summed E-state index contributed by atoms with van der Waals surface area (Å²) in [4.78, 5) is 11.3. The van der Waals surface area contributed by atoms with Crippen LogP contribution in [0.1, 0.15) is 19.8 Å². The molecule has 5 heteroatoms. The molecule has 0 aromatic heterocycles. The lowest BCUT2D eigenvalue weighted by molar-refractivity contribution is -0.126. The van der Waals surface area contributed by atoms with Gasteiger partial charge >= 0.3 is 0 Å². The molecular formula is C10H22N2O3. The Kier molecular flexibility index (Phi) is 9.46. The van der Waals surface area contributed by atoms with Crippen LogP contribution in [0.4, 0.5) is 0 Å². The summed E-state index contributed by atoms with van der Waals surface area (Å²) in [6, 6.07) is 0.161. The molecule has 0 heterocycles. The molecule has 0 aliphatic rings. The zero-order chi connectivity index (χ0) is 11.5. The van der Waals surface area contributed by atoms with E-state index in [0.29, 0.717) is 19.8 Å². The Balaban J connectivity index is 3.52. The fourth-order valence-corrected chi connectivity index (χ4v) is 1.16. The quantitative estimate of drug-likeness (QED) is 0.530. The van der Waals surface area contributed by atoms with Gasteiger partial charge < -0.3 is 20.5 Å². The molecule has 3 N–H and O–H groups in total. The molecule has 1 amide bonds. The standard InChI is InChI=1S/C10H22N2O3/c1-3-9(4-5-11)12-10(13)8-15-7-6-14-2/h9H,3-8,11H2,1-2H3,(H,12,13). The summed E-state index contributed by atoms with van der Waals surface area (Å²) >= 11 is 0. The number of ether oxygens (including phenoxy) is 2. The molecule has 0 aliphatic heterocycles. The van der Waals surface area contributed by atoms with Crippen molar-refractivity contribution < 1.29 is 14.3 Å². The van der Waals surface area contributed by atoms with Crippen molar-refractivity contribution in [2.24, 2.45) is 5.73 Å². The van der Waals surface area contributed by atoms with Crippen molar-refractivity contribution >= 4 is 5.91 Å². The van der Waals surface area contributed by atoms with E-state index in [1.165, 1.54) is 0 Å². The summed E-state index contributed by atoms with van der Waals surface area (Å²) in [6.45, 7) is 3.64. The van der Waals surface area contributed by atoms with Crippen molar-refractivity contribution in [2.45, 2.75) is 25.8 Å². The van der Waals surface area contributed by atoms with E-state index in [0.717, 1.165) is 12.8 Å². The average Bonchev–Trinajstić information content (AvgIpc) is 2.24. The lowest BCUT2D eigenvalue weighted by Gasteiger charge is -2.15. The lowest BCUT2D eigenvalue weighted by atomic mass is 10.1. The molecule has 5 nitrogen and oxygen atoms in total. The summed E-state index contributed by atoms with van der Waals surface area (Å²) < 4.78 is 9.88. The largest absolute Gasteiger partial charge is 0.382 e. The van der Waals surface area contributed by atoms with Crippen molar-refractivity contribution in [3.05, 3.63) is 0 Å². The maximum absolute atomic E-state index is 11.3. The number of nitrogens with one attached hydrogen (secondary N) is 1. The predicted octanol–water partition coefficient (Wildman–Crippen LogP) is -0.107. The van der Waals surface area contributed by atoms with Gasteiger partial charge in [-0.3, -0.25) is 4.79 Å². The van der Waals surface area contributed by atoms with Gasteiger partial charge in [-0.1, -0.05) is 6.92 Å². The summed E-state index contributed by atoms with van der Waals surface area (Å²) in [6.07, 6.45) is 1.70. The number of rotatable bonds is 9. The van der Waals surface area contributed by atoms with Gasteiger partial charge in [0.15, 0.2) is 0 Å². The highest BCUT2D eigenvalue weighted by atomic mass is 16.5. The summed E-state index contributed by atoms with van der Waals surface area (Å²) in [5.74, 6) is -0.0913. The van der Waals surface area contributed by atoms with Crippen LogP contribution in [0.2, 0.25) is 0 Å². The molecule has 1 atom stereocenters. The molecule has 0 aromatic carbocycles. The van der Waals surface area contributed by atoms with E-state index < -0.39 is 0 Å². The van der Waals surface area contributed by atoms with Crippen molar-refractivity contribution in [1.29, 1.82) is 0 Å². The highest BCUT2D eigenvalue weighted by Crippen LogP contribution is 1.95. The number of amides is 1. The number of hydrogen-bond donors (Lipinski definition) is 2. The fourth-order valence-electron chi connectivity index (χ4n) is 1.16. The van der Waals surface area contributed by atoms with Gasteiger partial charge in [0, 0.05) is 13.2 Å². The smallest absolute Gasteiger partial charge is 0.246 e.